The van der Waals surface area contributed by atoms with Crippen molar-refractivity contribution in [3.05, 3.63) is 34.3 Å². The third kappa shape index (κ3) is 4.78. The molecule has 0 bridgehead atoms. The monoisotopic (exact) mass is 314 g/mol. The molecule has 0 radical (unpaired) electrons. The highest BCUT2D eigenvalue weighted by Gasteiger charge is 2.15. The van der Waals surface area contributed by atoms with E-state index >= 15 is 0 Å². The predicted octanol–water partition coefficient (Wildman–Crippen LogP) is 1.92. The summed E-state index contributed by atoms with van der Waals surface area (Å²) in [5.74, 6) is -0.249. The van der Waals surface area contributed by atoms with Gasteiger partial charge >= 0.3 is 5.97 Å². The van der Waals surface area contributed by atoms with E-state index in [4.69, 9.17) is 4.74 Å². The average Bonchev–Trinajstić information content (AvgIpc) is 2.36. The molecule has 1 N–H and O–H groups in total. The fourth-order valence-electron chi connectivity index (χ4n) is 1.82. The Morgan fingerprint density at radius 1 is 1.28 bits per heavy atom. The summed E-state index contributed by atoms with van der Waals surface area (Å²) >= 11 is 3.34. The van der Waals surface area contributed by atoms with Crippen molar-refractivity contribution in [1.29, 1.82) is 0 Å². The van der Waals surface area contributed by atoms with Gasteiger partial charge in [-0.1, -0.05) is 15.9 Å². The fraction of sp³-hybridized carbons (Fsp3) is 0.500. The maximum absolute atomic E-state index is 11.9. The summed E-state index contributed by atoms with van der Waals surface area (Å²) < 4.78 is 6.39. The molecule has 0 aliphatic rings. The predicted molar refractivity (Wildman–Crippen MR) is 75.9 cm³/mol. The number of quaternary nitrogens is 1. The lowest BCUT2D eigenvalue weighted by molar-refractivity contribution is -0.899. The number of ether oxygens (including phenoxy) is 1. The molecule has 0 heterocycles. The summed E-state index contributed by atoms with van der Waals surface area (Å²) in [6.07, 6.45) is -0.0592. The molecular formula is C14H21BrNO2+. The van der Waals surface area contributed by atoms with Crippen molar-refractivity contribution >= 4 is 21.9 Å². The van der Waals surface area contributed by atoms with Gasteiger partial charge in [0.2, 0.25) is 0 Å². The SMILES string of the molecule is CC[NH+](CC)C[C@@H](C)OC(=O)c1ccc(Br)cc1. The number of hydrogen-bond donors (Lipinski definition) is 1. The largest absolute Gasteiger partial charge is 0.453 e. The molecule has 1 atom stereocenters. The van der Waals surface area contributed by atoms with Crippen molar-refractivity contribution in [2.75, 3.05) is 19.6 Å². The van der Waals surface area contributed by atoms with Crippen molar-refractivity contribution in [3.63, 3.8) is 0 Å². The van der Waals surface area contributed by atoms with Crippen LogP contribution in [0.25, 0.3) is 0 Å². The van der Waals surface area contributed by atoms with Crippen LogP contribution in [0.3, 0.4) is 0 Å². The highest BCUT2D eigenvalue weighted by atomic mass is 79.9. The zero-order chi connectivity index (χ0) is 13.5. The summed E-state index contributed by atoms with van der Waals surface area (Å²) in [4.78, 5) is 13.3. The molecule has 0 aromatic heterocycles. The van der Waals surface area contributed by atoms with E-state index < -0.39 is 0 Å². The van der Waals surface area contributed by atoms with Crippen LogP contribution in [0.4, 0.5) is 0 Å². The van der Waals surface area contributed by atoms with Crippen LogP contribution in [0, 0.1) is 0 Å². The number of esters is 1. The maximum Gasteiger partial charge on any atom is 0.338 e. The van der Waals surface area contributed by atoms with E-state index in [1.165, 1.54) is 4.90 Å². The van der Waals surface area contributed by atoms with Crippen LogP contribution in [0.5, 0.6) is 0 Å². The Morgan fingerprint density at radius 2 is 1.83 bits per heavy atom. The molecule has 4 heteroatoms. The topological polar surface area (TPSA) is 30.7 Å². The third-order valence-corrected chi connectivity index (χ3v) is 3.49. The van der Waals surface area contributed by atoms with E-state index in [0.29, 0.717) is 5.56 Å². The van der Waals surface area contributed by atoms with E-state index in [-0.39, 0.29) is 12.1 Å². The number of carbonyl (C=O) groups is 1. The highest BCUT2D eigenvalue weighted by Crippen LogP contribution is 2.11. The first kappa shape index (κ1) is 15.2. The Hall–Kier alpha value is -0.870. The second kappa shape index (κ2) is 7.54. The first-order valence-corrected chi connectivity index (χ1v) is 7.16. The molecule has 0 aliphatic heterocycles. The second-order valence-corrected chi connectivity index (χ2v) is 5.30. The van der Waals surface area contributed by atoms with Gasteiger partial charge in [-0.2, -0.15) is 0 Å². The van der Waals surface area contributed by atoms with Gasteiger partial charge in [-0.05, 0) is 45.0 Å². The van der Waals surface area contributed by atoms with E-state index in [0.717, 1.165) is 24.1 Å². The second-order valence-electron chi connectivity index (χ2n) is 4.38. The van der Waals surface area contributed by atoms with Crippen molar-refractivity contribution in [1.82, 2.24) is 0 Å². The number of carbonyl (C=O) groups excluding carboxylic acids is 1. The molecule has 1 aromatic rings. The standard InChI is InChI=1S/C14H20BrNO2/c1-4-16(5-2)10-11(3)18-14(17)12-6-8-13(15)9-7-12/h6-9,11H,4-5,10H2,1-3H3/p+1/t11-/m1/s1. The van der Waals surface area contributed by atoms with E-state index in [1.807, 2.05) is 19.1 Å². The molecule has 0 spiro atoms. The summed E-state index contributed by atoms with van der Waals surface area (Å²) in [5.41, 5.74) is 0.597. The Balaban J connectivity index is 2.51. The number of hydrogen-bond acceptors (Lipinski definition) is 2. The molecule has 1 rings (SSSR count). The Bertz CT molecular complexity index is 374. The molecule has 3 nitrogen and oxygen atoms in total. The van der Waals surface area contributed by atoms with Crippen LogP contribution in [0.2, 0.25) is 0 Å². The normalized spacial score (nSPS) is 12.5. The van der Waals surface area contributed by atoms with Crippen molar-refractivity contribution < 1.29 is 14.4 Å². The Labute approximate surface area is 117 Å². The summed E-state index contributed by atoms with van der Waals surface area (Å²) in [6, 6.07) is 7.22. The lowest BCUT2D eigenvalue weighted by Crippen LogP contribution is -3.12. The number of rotatable bonds is 6. The molecule has 0 aliphatic carbocycles. The first-order chi connectivity index (χ1) is 8.56. The van der Waals surface area contributed by atoms with Crippen LogP contribution < -0.4 is 4.90 Å². The summed E-state index contributed by atoms with van der Waals surface area (Å²) in [7, 11) is 0. The van der Waals surface area contributed by atoms with Gasteiger partial charge in [0.15, 0.2) is 0 Å². The van der Waals surface area contributed by atoms with Gasteiger partial charge in [0.05, 0.1) is 18.7 Å². The molecule has 0 unspecified atom stereocenters. The minimum absolute atomic E-state index is 0.0592. The van der Waals surface area contributed by atoms with Gasteiger partial charge in [0, 0.05) is 4.47 Å². The number of likely N-dealkylation sites (N-methyl/N-ethyl adjacent to an activating group) is 1. The van der Waals surface area contributed by atoms with Gasteiger partial charge in [-0.25, -0.2) is 4.79 Å². The lowest BCUT2D eigenvalue weighted by atomic mass is 10.2. The van der Waals surface area contributed by atoms with Gasteiger partial charge < -0.3 is 9.64 Å². The van der Waals surface area contributed by atoms with Crippen molar-refractivity contribution in [2.45, 2.75) is 26.9 Å². The molecule has 1 aromatic carbocycles. The van der Waals surface area contributed by atoms with Gasteiger partial charge in [-0.15, -0.1) is 0 Å². The molecule has 0 saturated heterocycles. The number of nitrogens with one attached hydrogen (secondary N) is 1. The van der Waals surface area contributed by atoms with Crippen LogP contribution in [-0.4, -0.2) is 31.7 Å². The van der Waals surface area contributed by atoms with Crippen molar-refractivity contribution in [2.24, 2.45) is 0 Å². The van der Waals surface area contributed by atoms with Crippen molar-refractivity contribution in [3.8, 4) is 0 Å². The minimum atomic E-state index is -0.249. The first-order valence-electron chi connectivity index (χ1n) is 6.36. The average molecular weight is 315 g/mol. The zero-order valence-corrected chi connectivity index (χ0v) is 12.8. The van der Waals surface area contributed by atoms with Crippen LogP contribution in [0.15, 0.2) is 28.7 Å². The highest BCUT2D eigenvalue weighted by molar-refractivity contribution is 9.10. The van der Waals surface area contributed by atoms with Gasteiger partial charge in [0.25, 0.3) is 0 Å². The molecule has 100 valence electrons. The summed E-state index contributed by atoms with van der Waals surface area (Å²) in [6.45, 7) is 9.19. The molecule has 0 saturated carbocycles. The van der Waals surface area contributed by atoms with Gasteiger partial charge in [0.1, 0.15) is 12.6 Å². The van der Waals surface area contributed by atoms with Crippen LogP contribution in [-0.2, 0) is 4.74 Å². The van der Waals surface area contributed by atoms with E-state index in [2.05, 4.69) is 29.8 Å². The molecule has 0 fully saturated rings. The Kier molecular flexibility index (Phi) is 6.36. The zero-order valence-electron chi connectivity index (χ0n) is 11.2. The number of halogens is 1. The third-order valence-electron chi connectivity index (χ3n) is 2.96. The lowest BCUT2D eigenvalue weighted by Gasteiger charge is -2.20. The molecule has 18 heavy (non-hydrogen) atoms. The maximum atomic E-state index is 11.9. The van der Waals surface area contributed by atoms with Crippen LogP contribution in [0.1, 0.15) is 31.1 Å². The summed E-state index contributed by atoms with van der Waals surface area (Å²) in [5, 5.41) is 0. The quantitative estimate of drug-likeness (QED) is 0.813. The fourth-order valence-corrected chi connectivity index (χ4v) is 2.09. The molecular weight excluding hydrogens is 294 g/mol. The Morgan fingerprint density at radius 3 is 2.33 bits per heavy atom. The van der Waals surface area contributed by atoms with Crippen LogP contribution >= 0.6 is 15.9 Å². The number of benzene rings is 1. The van der Waals surface area contributed by atoms with E-state index in [9.17, 15) is 4.79 Å². The van der Waals surface area contributed by atoms with E-state index in [1.54, 1.807) is 12.1 Å². The smallest absolute Gasteiger partial charge is 0.338 e. The molecule has 0 amide bonds. The minimum Gasteiger partial charge on any atom is -0.453 e. The van der Waals surface area contributed by atoms with Gasteiger partial charge in [-0.3, -0.25) is 0 Å².